The molecular weight excluding hydrogens is 494 g/mol. The van der Waals surface area contributed by atoms with Crippen LogP contribution >= 0.6 is 0 Å². The van der Waals surface area contributed by atoms with Gasteiger partial charge >= 0.3 is 0 Å². The Bertz CT molecular complexity index is 1270. The van der Waals surface area contributed by atoms with E-state index in [0.29, 0.717) is 11.7 Å². The van der Waals surface area contributed by atoms with Crippen LogP contribution in [-0.4, -0.2) is 40.7 Å². The largest absolute Gasteiger partial charge is 0.488 e. The molecule has 2 unspecified atom stereocenters. The van der Waals surface area contributed by atoms with Gasteiger partial charge < -0.3 is 25.1 Å². The molecule has 1 saturated heterocycles. The Morgan fingerprint density at radius 3 is 2.54 bits per heavy atom. The molecule has 39 heavy (non-hydrogen) atoms. The molecule has 0 spiro atoms. The summed E-state index contributed by atoms with van der Waals surface area (Å²) in [7, 11) is 0. The number of piperidine rings is 1. The third-order valence-corrected chi connectivity index (χ3v) is 7.71. The number of hydrogen-bond acceptors (Lipinski definition) is 8. The van der Waals surface area contributed by atoms with Crippen molar-refractivity contribution < 1.29 is 14.1 Å². The number of hydrogen-bond donors (Lipinski definition) is 2. The fourth-order valence-electron chi connectivity index (χ4n) is 5.77. The van der Waals surface area contributed by atoms with E-state index >= 15 is 0 Å². The number of oxazole rings is 1. The van der Waals surface area contributed by atoms with Crippen molar-refractivity contribution in [2.45, 2.75) is 82.5 Å². The molecule has 2 aromatic carbocycles. The number of benzene rings is 2. The first-order chi connectivity index (χ1) is 18.6. The van der Waals surface area contributed by atoms with Crippen LogP contribution in [0.5, 0.6) is 5.75 Å². The number of nitro groups is 1. The predicted molar refractivity (Wildman–Crippen MR) is 152 cm³/mol. The highest BCUT2D eigenvalue weighted by atomic mass is 16.6. The number of ether oxygens (including phenoxy) is 1. The van der Waals surface area contributed by atoms with Crippen LogP contribution in [0.25, 0.3) is 11.3 Å². The Labute approximate surface area is 229 Å². The Kier molecular flexibility index (Phi) is 7.64. The molecule has 1 aliphatic heterocycles. The quantitative estimate of drug-likeness (QED) is 0.290. The minimum absolute atomic E-state index is 0.0436. The zero-order valence-electron chi connectivity index (χ0n) is 23.1. The van der Waals surface area contributed by atoms with Crippen LogP contribution in [-0.2, 0) is 5.54 Å². The average molecular weight is 534 g/mol. The average Bonchev–Trinajstić information content (AvgIpc) is 3.41. The van der Waals surface area contributed by atoms with Gasteiger partial charge in [-0.2, -0.15) is 0 Å². The third kappa shape index (κ3) is 6.25. The number of nitrogens with one attached hydrogen (secondary N) is 1. The highest BCUT2D eigenvalue weighted by Gasteiger charge is 2.44. The molecule has 5 rings (SSSR count). The number of nitro benzene ring substituents is 1. The molecule has 208 valence electrons. The van der Waals surface area contributed by atoms with Crippen molar-refractivity contribution in [2.75, 3.05) is 18.0 Å². The monoisotopic (exact) mass is 533 g/mol. The first kappa shape index (κ1) is 27.1. The van der Waals surface area contributed by atoms with Crippen LogP contribution < -0.4 is 20.7 Å². The standard InChI is InChI=1S/C30H39N5O4/c1-29(2,3)39-25-15-9-21(10-16-25)26-19-32-28(38-26)30(31)17-5-4-8-27(30)33-22-7-6-18-34(20-22)23-11-13-24(14-12-23)35(36)37/h9-16,19,22,27,33H,4-8,17-18,20,31H2,1-3H3/t22-,27?,30?/m0/s1. The first-order valence-corrected chi connectivity index (χ1v) is 13.9. The second-order valence-corrected chi connectivity index (χ2v) is 11.8. The number of aromatic nitrogens is 1. The van der Waals surface area contributed by atoms with Gasteiger partial charge in [0.2, 0.25) is 5.89 Å². The van der Waals surface area contributed by atoms with Gasteiger partial charge in [0, 0.05) is 48.6 Å². The summed E-state index contributed by atoms with van der Waals surface area (Å²) >= 11 is 0. The zero-order chi connectivity index (χ0) is 27.6. The van der Waals surface area contributed by atoms with E-state index < -0.39 is 5.54 Å². The number of rotatable bonds is 7. The second kappa shape index (κ2) is 11.0. The van der Waals surface area contributed by atoms with Crippen molar-refractivity contribution in [3.8, 4) is 17.1 Å². The summed E-state index contributed by atoms with van der Waals surface area (Å²) in [6, 6.07) is 15.0. The normalized spacial score (nSPS) is 23.9. The smallest absolute Gasteiger partial charge is 0.269 e. The molecule has 3 atom stereocenters. The molecule has 2 aliphatic rings. The van der Waals surface area contributed by atoms with Gasteiger partial charge in [0.05, 0.1) is 11.1 Å². The van der Waals surface area contributed by atoms with Crippen LogP contribution in [0.15, 0.2) is 59.1 Å². The minimum Gasteiger partial charge on any atom is -0.488 e. The molecular formula is C30H39N5O4. The lowest BCUT2D eigenvalue weighted by Crippen LogP contribution is -2.61. The lowest BCUT2D eigenvalue weighted by Gasteiger charge is -2.43. The van der Waals surface area contributed by atoms with E-state index in [9.17, 15) is 10.1 Å². The molecule has 9 nitrogen and oxygen atoms in total. The van der Waals surface area contributed by atoms with E-state index in [1.165, 1.54) is 0 Å². The van der Waals surface area contributed by atoms with E-state index in [-0.39, 0.29) is 28.3 Å². The maximum atomic E-state index is 11.0. The van der Waals surface area contributed by atoms with Gasteiger partial charge in [-0.1, -0.05) is 12.8 Å². The van der Waals surface area contributed by atoms with Gasteiger partial charge in [-0.15, -0.1) is 0 Å². The van der Waals surface area contributed by atoms with E-state index in [2.05, 4.69) is 15.2 Å². The van der Waals surface area contributed by atoms with Gasteiger partial charge in [0.25, 0.3) is 5.69 Å². The van der Waals surface area contributed by atoms with E-state index in [1.807, 2.05) is 57.2 Å². The van der Waals surface area contributed by atoms with Gasteiger partial charge in [-0.3, -0.25) is 10.1 Å². The van der Waals surface area contributed by atoms with Crippen molar-refractivity contribution in [3.63, 3.8) is 0 Å². The van der Waals surface area contributed by atoms with Crippen molar-refractivity contribution in [3.05, 3.63) is 70.7 Å². The summed E-state index contributed by atoms with van der Waals surface area (Å²) in [5.74, 6) is 2.09. The van der Waals surface area contributed by atoms with Crippen molar-refractivity contribution in [2.24, 2.45) is 5.73 Å². The molecule has 0 radical (unpaired) electrons. The molecule has 0 amide bonds. The Hall–Kier alpha value is -3.43. The summed E-state index contributed by atoms with van der Waals surface area (Å²) in [4.78, 5) is 17.6. The molecule has 2 heterocycles. The lowest BCUT2D eigenvalue weighted by molar-refractivity contribution is -0.384. The lowest BCUT2D eigenvalue weighted by atomic mass is 9.77. The van der Waals surface area contributed by atoms with Crippen molar-refractivity contribution in [1.82, 2.24) is 10.3 Å². The first-order valence-electron chi connectivity index (χ1n) is 13.9. The van der Waals surface area contributed by atoms with Gasteiger partial charge in [0.15, 0.2) is 5.76 Å². The zero-order valence-corrected chi connectivity index (χ0v) is 23.1. The Morgan fingerprint density at radius 2 is 1.85 bits per heavy atom. The summed E-state index contributed by atoms with van der Waals surface area (Å²) in [6.07, 6.45) is 7.77. The van der Waals surface area contributed by atoms with Crippen LogP contribution in [0.1, 0.15) is 65.2 Å². The van der Waals surface area contributed by atoms with Crippen LogP contribution in [0, 0.1) is 10.1 Å². The van der Waals surface area contributed by atoms with Gasteiger partial charge in [-0.05, 0) is 82.9 Å². The Morgan fingerprint density at radius 1 is 1.10 bits per heavy atom. The fourth-order valence-corrected chi connectivity index (χ4v) is 5.77. The Balaban J connectivity index is 1.28. The van der Waals surface area contributed by atoms with E-state index in [1.54, 1.807) is 18.3 Å². The number of non-ortho nitro benzene ring substituents is 1. The van der Waals surface area contributed by atoms with E-state index in [4.69, 9.17) is 14.9 Å². The topological polar surface area (TPSA) is 120 Å². The molecule has 1 aliphatic carbocycles. The second-order valence-electron chi connectivity index (χ2n) is 11.8. The van der Waals surface area contributed by atoms with Crippen LogP contribution in [0.3, 0.4) is 0 Å². The maximum Gasteiger partial charge on any atom is 0.269 e. The molecule has 3 N–H and O–H groups in total. The van der Waals surface area contributed by atoms with Gasteiger partial charge in [0.1, 0.15) is 16.9 Å². The minimum atomic E-state index is -0.693. The van der Waals surface area contributed by atoms with Gasteiger partial charge in [-0.25, -0.2) is 4.98 Å². The SMILES string of the molecule is CC(C)(C)Oc1ccc(-c2cnc(C3(N)CCCCC3N[C@H]3CCCN(c4ccc([N+](=O)[O-])cc4)C3)o2)cc1. The van der Waals surface area contributed by atoms with Crippen LogP contribution in [0.4, 0.5) is 11.4 Å². The number of nitrogens with two attached hydrogens (primary N) is 1. The van der Waals surface area contributed by atoms with Crippen molar-refractivity contribution >= 4 is 11.4 Å². The molecule has 3 aromatic rings. The summed E-state index contributed by atoms with van der Waals surface area (Å²) in [6.45, 7) is 7.83. The third-order valence-electron chi connectivity index (χ3n) is 7.71. The van der Waals surface area contributed by atoms with E-state index in [0.717, 1.165) is 68.6 Å². The molecule has 0 bridgehead atoms. The summed E-state index contributed by atoms with van der Waals surface area (Å²) in [5, 5.41) is 14.9. The highest BCUT2D eigenvalue weighted by molar-refractivity contribution is 5.57. The molecule has 1 aromatic heterocycles. The highest BCUT2D eigenvalue weighted by Crippen LogP contribution is 2.37. The molecule has 9 heteroatoms. The molecule has 1 saturated carbocycles. The summed E-state index contributed by atoms with van der Waals surface area (Å²) in [5.41, 5.74) is 8.20. The number of nitrogens with zero attached hydrogens (tertiary/aromatic N) is 3. The summed E-state index contributed by atoms with van der Waals surface area (Å²) < 4.78 is 12.3. The predicted octanol–water partition coefficient (Wildman–Crippen LogP) is 5.78. The fraction of sp³-hybridized carbons (Fsp3) is 0.500. The van der Waals surface area contributed by atoms with Crippen LogP contribution in [0.2, 0.25) is 0 Å². The maximum absolute atomic E-state index is 11.0. The molecule has 2 fully saturated rings. The van der Waals surface area contributed by atoms with Crippen molar-refractivity contribution in [1.29, 1.82) is 0 Å². The number of anilines is 1.